The summed E-state index contributed by atoms with van der Waals surface area (Å²) in [5.74, 6) is -0.463. The molecule has 5 heteroatoms. The Kier molecular flexibility index (Phi) is 2.74. The molecule has 0 bridgehead atoms. The van der Waals surface area contributed by atoms with E-state index in [9.17, 15) is 14.4 Å². The number of H-pyrrole nitrogens is 1. The number of hydrogen-bond donors (Lipinski definition) is 1. The number of aromatic amines is 1. The number of benzene rings is 1. The van der Waals surface area contributed by atoms with Crippen LogP contribution >= 0.6 is 0 Å². The molecule has 0 saturated heterocycles. The maximum absolute atomic E-state index is 12.0. The van der Waals surface area contributed by atoms with Crippen molar-refractivity contribution in [3.05, 3.63) is 68.5 Å². The quantitative estimate of drug-likeness (QED) is 0.776. The van der Waals surface area contributed by atoms with E-state index >= 15 is 0 Å². The van der Waals surface area contributed by atoms with Gasteiger partial charge < -0.3 is 0 Å². The van der Waals surface area contributed by atoms with Gasteiger partial charge in [0.15, 0.2) is 0 Å². The number of nitrogens with zero attached hydrogens (tertiary/aromatic N) is 1. The molecule has 0 spiro atoms. The van der Waals surface area contributed by atoms with Gasteiger partial charge in [-0.2, -0.15) is 0 Å². The molecule has 1 heterocycles. The molecule has 0 fully saturated rings. The van der Waals surface area contributed by atoms with Gasteiger partial charge in [-0.1, -0.05) is 17.7 Å². The number of hydrogen-bond acceptors (Lipinski definition) is 3. The van der Waals surface area contributed by atoms with Gasteiger partial charge in [0.05, 0.1) is 0 Å². The minimum absolute atomic E-state index is 0.402. The van der Waals surface area contributed by atoms with E-state index < -0.39 is 17.2 Å². The van der Waals surface area contributed by atoms with Crippen molar-refractivity contribution in [2.45, 2.75) is 6.92 Å². The molecule has 0 amide bonds. The summed E-state index contributed by atoms with van der Waals surface area (Å²) in [5, 5.41) is 0. The Bertz CT molecular complexity index is 682. The van der Waals surface area contributed by atoms with Crippen LogP contribution in [0, 0.1) is 6.92 Å². The lowest BCUT2D eigenvalue weighted by atomic mass is 10.1. The van der Waals surface area contributed by atoms with Crippen LogP contribution in [0.1, 0.15) is 15.9 Å². The number of rotatable bonds is 1. The van der Waals surface area contributed by atoms with Crippen molar-refractivity contribution in [1.82, 2.24) is 9.55 Å². The standard InChI is InChI=1S/C12H10N2O3/c1-8-3-2-4-9(7-8)11(16)14-6-5-10(15)13-12(14)17/h2-7H,1H3,(H,13,15,17). The van der Waals surface area contributed by atoms with Crippen molar-refractivity contribution >= 4 is 5.91 Å². The van der Waals surface area contributed by atoms with Crippen LogP contribution in [-0.2, 0) is 0 Å². The number of nitrogens with one attached hydrogen (secondary N) is 1. The molecule has 1 aromatic carbocycles. The molecule has 5 nitrogen and oxygen atoms in total. The topological polar surface area (TPSA) is 71.9 Å². The van der Waals surface area contributed by atoms with Crippen molar-refractivity contribution in [1.29, 1.82) is 0 Å². The number of carbonyl (C=O) groups excluding carboxylic acids is 1. The summed E-state index contributed by atoms with van der Waals surface area (Å²) in [4.78, 5) is 36.3. The average Bonchev–Trinajstić information content (AvgIpc) is 2.28. The van der Waals surface area contributed by atoms with Crippen molar-refractivity contribution < 1.29 is 4.79 Å². The summed E-state index contributed by atoms with van der Waals surface area (Å²) in [6, 6.07) is 8.02. The van der Waals surface area contributed by atoms with Crippen LogP contribution in [0.2, 0.25) is 0 Å². The first-order valence-electron chi connectivity index (χ1n) is 5.01. The summed E-state index contributed by atoms with van der Waals surface area (Å²) >= 11 is 0. The molecule has 1 aromatic heterocycles. The summed E-state index contributed by atoms with van der Waals surface area (Å²) in [5.41, 5.74) is 0.0692. The Labute approximate surface area is 96.4 Å². The first-order valence-corrected chi connectivity index (χ1v) is 5.01. The van der Waals surface area contributed by atoms with E-state index in [2.05, 4.69) is 0 Å². The maximum Gasteiger partial charge on any atom is 0.335 e. The SMILES string of the molecule is Cc1cccc(C(=O)n2ccc(=O)[nH]c2=O)c1. The molecule has 86 valence electrons. The van der Waals surface area contributed by atoms with E-state index in [1.807, 2.05) is 18.0 Å². The second kappa shape index (κ2) is 4.21. The van der Waals surface area contributed by atoms with Crippen LogP contribution in [0.3, 0.4) is 0 Å². The molecular weight excluding hydrogens is 220 g/mol. The van der Waals surface area contributed by atoms with E-state index in [-0.39, 0.29) is 0 Å². The molecule has 17 heavy (non-hydrogen) atoms. The van der Waals surface area contributed by atoms with Gasteiger partial charge in [0, 0.05) is 17.8 Å². The molecule has 0 atom stereocenters. The molecule has 0 aliphatic rings. The molecule has 2 rings (SSSR count). The monoisotopic (exact) mass is 230 g/mol. The van der Waals surface area contributed by atoms with Gasteiger partial charge in [-0.3, -0.25) is 14.6 Å². The number of aryl methyl sites for hydroxylation is 1. The average molecular weight is 230 g/mol. The van der Waals surface area contributed by atoms with Gasteiger partial charge >= 0.3 is 5.69 Å². The normalized spacial score (nSPS) is 10.2. The predicted molar refractivity (Wildman–Crippen MR) is 62.2 cm³/mol. The first kappa shape index (κ1) is 11.1. The van der Waals surface area contributed by atoms with E-state index in [1.54, 1.807) is 18.2 Å². The summed E-state index contributed by atoms with van der Waals surface area (Å²) < 4.78 is 0.871. The summed E-state index contributed by atoms with van der Waals surface area (Å²) in [6.07, 6.45) is 1.17. The molecule has 0 aliphatic heterocycles. The maximum atomic E-state index is 12.0. The first-order chi connectivity index (χ1) is 8.08. The Morgan fingerprint density at radius 2 is 2.00 bits per heavy atom. The lowest BCUT2D eigenvalue weighted by Crippen LogP contribution is -2.33. The molecule has 0 aliphatic carbocycles. The van der Waals surface area contributed by atoms with Crippen molar-refractivity contribution in [3.8, 4) is 0 Å². The van der Waals surface area contributed by atoms with E-state index in [4.69, 9.17) is 0 Å². The highest BCUT2D eigenvalue weighted by molar-refractivity contribution is 5.95. The van der Waals surface area contributed by atoms with Gasteiger partial charge in [-0.05, 0) is 19.1 Å². The van der Waals surface area contributed by atoms with E-state index in [0.29, 0.717) is 5.56 Å². The summed E-state index contributed by atoms with van der Waals surface area (Å²) in [6.45, 7) is 1.85. The van der Waals surface area contributed by atoms with Crippen LogP contribution in [-0.4, -0.2) is 15.5 Å². The van der Waals surface area contributed by atoms with Crippen LogP contribution in [0.5, 0.6) is 0 Å². The van der Waals surface area contributed by atoms with Gasteiger partial charge in [-0.15, -0.1) is 0 Å². The molecule has 0 radical (unpaired) electrons. The van der Waals surface area contributed by atoms with Crippen molar-refractivity contribution in [3.63, 3.8) is 0 Å². The third-order valence-corrected chi connectivity index (χ3v) is 2.31. The van der Waals surface area contributed by atoms with E-state index in [1.165, 1.54) is 6.20 Å². The van der Waals surface area contributed by atoms with Gasteiger partial charge in [0.25, 0.3) is 11.5 Å². The van der Waals surface area contributed by atoms with Crippen LogP contribution in [0.15, 0.2) is 46.1 Å². The zero-order valence-corrected chi connectivity index (χ0v) is 9.14. The third kappa shape index (κ3) is 2.23. The zero-order valence-electron chi connectivity index (χ0n) is 9.14. The van der Waals surface area contributed by atoms with Crippen molar-refractivity contribution in [2.24, 2.45) is 0 Å². The lowest BCUT2D eigenvalue weighted by molar-refractivity contribution is 0.0954. The molecule has 0 saturated carbocycles. The van der Waals surface area contributed by atoms with Crippen LogP contribution in [0.4, 0.5) is 0 Å². The number of aromatic nitrogens is 2. The highest BCUT2D eigenvalue weighted by Crippen LogP contribution is 2.04. The zero-order chi connectivity index (χ0) is 12.4. The predicted octanol–water partition coefficient (Wildman–Crippen LogP) is 0.534. The highest BCUT2D eigenvalue weighted by Gasteiger charge is 2.09. The Balaban J connectivity index is 2.51. The van der Waals surface area contributed by atoms with E-state index in [0.717, 1.165) is 16.2 Å². The lowest BCUT2D eigenvalue weighted by Gasteiger charge is -2.03. The second-order valence-electron chi connectivity index (χ2n) is 3.65. The largest absolute Gasteiger partial charge is 0.335 e. The fourth-order valence-corrected chi connectivity index (χ4v) is 1.49. The van der Waals surface area contributed by atoms with Crippen LogP contribution < -0.4 is 11.2 Å². The van der Waals surface area contributed by atoms with Crippen molar-refractivity contribution in [2.75, 3.05) is 0 Å². The second-order valence-corrected chi connectivity index (χ2v) is 3.65. The van der Waals surface area contributed by atoms with Gasteiger partial charge in [0.1, 0.15) is 0 Å². The fraction of sp³-hybridized carbons (Fsp3) is 0.0833. The summed E-state index contributed by atoms with van der Waals surface area (Å²) in [7, 11) is 0. The van der Waals surface area contributed by atoms with Gasteiger partial charge in [0.2, 0.25) is 0 Å². The Hall–Kier alpha value is -2.43. The smallest absolute Gasteiger partial charge is 0.274 e. The minimum atomic E-state index is -0.732. The van der Waals surface area contributed by atoms with Gasteiger partial charge in [-0.25, -0.2) is 9.36 Å². The Morgan fingerprint density at radius 1 is 1.24 bits per heavy atom. The minimum Gasteiger partial charge on any atom is -0.274 e. The molecule has 0 unspecified atom stereocenters. The number of carbonyl (C=O) groups is 1. The third-order valence-electron chi connectivity index (χ3n) is 2.31. The Morgan fingerprint density at radius 3 is 2.65 bits per heavy atom. The highest BCUT2D eigenvalue weighted by atomic mass is 16.2. The van der Waals surface area contributed by atoms with Crippen LogP contribution in [0.25, 0.3) is 0 Å². The molecular formula is C12H10N2O3. The fourth-order valence-electron chi connectivity index (χ4n) is 1.49. The molecule has 1 N–H and O–H groups in total. The molecule has 2 aromatic rings.